The quantitative estimate of drug-likeness (QED) is 0.709. The van der Waals surface area contributed by atoms with Crippen molar-refractivity contribution in [1.82, 2.24) is 9.78 Å². The molecule has 0 atom stereocenters. The van der Waals surface area contributed by atoms with Gasteiger partial charge in [-0.25, -0.2) is 8.42 Å². The van der Waals surface area contributed by atoms with E-state index < -0.39 is 9.84 Å². The third kappa shape index (κ3) is 4.54. The number of hydrogen-bond acceptors (Lipinski definition) is 4. The zero-order valence-electron chi connectivity index (χ0n) is 12.0. The second-order valence-electron chi connectivity index (χ2n) is 4.63. The minimum absolute atomic E-state index is 0.0369. The summed E-state index contributed by atoms with van der Waals surface area (Å²) in [6.07, 6.45) is 1.65. The van der Waals surface area contributed by atoms with Gasteiger partial charge in [0, 0.05) is 21.6 Å². The molecule has 0 spiro atoms. The Morgan fingerprint density at radius 3 is 2.73 bits per heavy atom. The number of sulfone groups is 1. The van der Waals surface area contributed by atoms with Crippen molar-refractivity contribution in [2.24, 2.45) is 0 Å². The van der Waals surface area contributed by atoms with Crippen LogP contribution >= 0.6 is 22.6 Å². The van der Waals surface area contributed by atoms with Crippen LogP contribution in [0.25, 0.3) is 0 Å². The van der Waals surface area contributed by atoms with Crippen LogP contribution in [-0.2, 0) is 16.4 Å². The van der Waals surface area contributed by atoms with Crippen LogP contribution in [0.2, 0.25) is 0 Å². The summed E-state index contributed by atoms with van der Waals surface area (Å²) < 4.78 is 25.3. The van der Waals surface area contributed by atoms with Gasteiger partial charge in [0.25, 0.3) is 5.91 Å². The first-order valence-corrected chi connectivity index (χ1v) is 9.61. The van der Waals surface area contributed by atoms with Crippen LogP contribution in [0, 0.1) is 3.57 Å². The number of nitrogens with one attached hydrogen (secondary N) is 1. The summed E-state index contributed by atoms with van der Waals surface area (Å²) in [5, 5.41) is 6.87. The number of benzene rings is 1. The molecule has 2 aromatic rings. The van der Waals surface area contributed by atoms with Gasteiger partial charge in [-0.05, 0) is 34.7 Å². The van der Waals surface area contributed by atoms with Crippen LogP contribution in [0.4, 0.5) is 5.82 Å². The van der Waals surface area contributed by atoms with E-state index in [0.717, 1.165) is 3.57 Å². The monoisotopic (exact) mass is 433 g/mol. The number of carbonyl (C=O) groups excluding carboxylic acids is 1. The number of aromatic nitrogens is 2. The lowest BCUT2D eigenvalue weighted by Gasteiger charge is -2.04. The Hall–Kier alpha value is -1.42. The molecule has 1 amide bonds. The van der Waals surface area contributed by atoms with Crippen molar-refractivity contribution in [2.45, 2.75) is 13.5 Å². The minimum Gasteiger partial charge on any atom is -0.305 e. The first-order valence-electron chi connectivity index (χ1n) is 6.71. The standard InChI is InChI=1S/C14H16IN3O3S/c1-2-22(20,21)10-9-18-8-7-13(17-18)16-14(19)11-5-3-4-6-12(11)15/h3-8H,2,9-10H2,1H3,(H,16,17,19). The summed E-state index contributed by atoms with van der Waals surface area (Å²) in [4.78, 5) is 12.1. The molecule has 0 aliphatic rings. The van der Waals surface area contributed by atoms with Gasteiger partial charge < -0.3 is 5.32 Å². The van der Waals surface area contributed by atoms with Crippen LogP contribution in [0.1, 0.15) is 17.3 Å². The molecule has 0 aliphatic heterocycles. The number of amides is 1. The maximum absolute atomic E-state index is 12.1. The smallest absolute Gasteiger partial charge is 0.257 e. The molecule has 0 bridgehead atoms. The van der Waals surface area contributed by atoms with Crippen LogP contribution in [0.5, 0.6) is 0 Å². The molecule has 118 valence electrons. The van der Waals surface area contributed by atoms with E-state index in [4.69, 9.17) is 0 Å². The average molecular weight is 433 g/mol. The van der Waals surface area contributed by atoms with Crippen LogP contribution in [-0.4, -0.2) is 35.6 Å². The van der Waals surface area contributed by atoms with Gasteiger partial charge in [0.1, 0.15) is 0 Å². The molecule has 1 N–H and O–H groups in total. The normalized spacial score (nSPS) is 11.4. The molecule has 22 heavy (non-hydrogen) atoms. The summed E-state index contributed by atoms with van der Waals surface area (Å²) >= 11 is 2.10. The van der Waals surface area contributed by atoms with Gasteiger partial charge in [-0.1, -0.05) is 19.1 Å². The molecule has 1 aromatic heterocycles. The van der Waals surface area contributed by atoms with E-state index in [1.165, 1.54) is 4.68 Å². The highest BCUT2D eigenvalue weighted by Crippen LogP contribution is 2.13. The highest BCUT2D eigenvalue weighted by molar-refractivity contribution is 14.1. The highest BCUT2D eigenvalue weighted by atomic mass is 127. The number of halogens is 1. The minimum atomic E-state index is -3.03. The first kappa shape index (κ1) is 16.9. The third-order valence-electron chi connectivity index (χ3n) is 3.07. The van der Waals surface area contributed by atoms with E-state index in [9.17, 15) is 13.2 Å². The number of aryl methyl sites for hydroxylation is 1. The number of nitrogens with zero attached hydrogens (tertiary/aromatic N) is 2. The molecule has 6 nitrogen and oxygen atoms in total. The number of hydrogen-bond donors (Lipinski definition) is 1. The summed E-state index contributed by atoms with van der Waals surface area (Å²) in [5.74, 6) is 0.314. The SMILES string of the molecule is CCS(=O)(=O)CCn1ccc(NC(=O)c2ccccc2I)n1. The zero-order chi connectivity index (χ0) is 16.2. The van der Waals surface area contributed by atoms with Gasteiger partial charge in [0.15, 0.2) is 15.7 Å². The predicted molar refractivity (Wildman–Crippen MR) is 93.7 cm³/mol. The van der Waals surface area contributed by atoms with Crippen LogP contribution < -0.4 is 5.32 Å². The fraction of sp³-hybridized carbons (Fsp3) is 0.286. The van der Waals surface area contributed by atoms with Crippen molar-refractivity contribution in [1.29, 1.82) is 0 Å². The van der Waals surface area contributed by atoms with E-state index in [1.807, 2.05) is 12.1 Å². The Morgan fingerprint density at radius 2 is 2.05 bits per heavy atom. The van der Waals surface area contributed by atoms with Gasteiger partial charge in [0.05, 0.1) is 17.9 Å². The third-order valence-corrected chi connectivity index (χ3v) is 5.70. The lowest BCUT2D eigenvalue weighted by molar-refractivity contribution is 0.102. The van der Waals surface area contributed by atoms with Gasteiger partial charge in [-0.3, -0.25) is 9.48 Å². The molecule has 0 saturated heterocycles. The maximum Gasteiger partial charge on any atom is 0.257 e. The lowest BCUT2D eigenvalue weighted by Crippen LogP contribution is -2.16. The zero-order valence-corrected chi connectivity index (χ0v) is 15.0. The molecule has 0 radical (unpaired) electrons. The average Bonchev–Trinajstić information content (AvgIpc) is 2.93. The van der Waals surface area contributed by atoms with E-state index in [-0.39, 0.29) is 24.0 Å². The number of carbonyl (C=O) groups is 1. The van der Waals surface area contributed by atoms with Crippen molar-refractivity contribution in [2.75, 3.05) is 16.8 Å². The molecule has 0 saturated carbocycles. The summed E-state index contributed by atoms with van der Waals surface area (Å²) in [6.45, 7) is 1.89. The van der Waals surface area contributed by atoms with E-state index >= 15 is 0 Å². The topological polar surface area (TPSA) is 81.1 Å². The Bertz CT molecular complexity index is 771. The predicted octanol–water partition coefficient (Wildman–Crippen LogP) is 2.17. The number of anilines is 1. The second kappa shape index (κ2) is 7.23. The van der Waals surface area contributed by atoms with Gasteiger partial charge in [-0.15, -0.1) is 0 Å². The van der Waals surface area contributed by atoms with Crippen molar-refractivity contribution in [3.8, 4) is 0 Å². The summed E-state index contributed by atoms with van der Waals surface area (Å²) in [7, 11) is -3.03. The second-order valence-corrected chi connectivity index (χ2v) is 8.27. The molecule has 2 rings (SSSR count). The van der Waals surface area contributed by atoms with Crippen molar-refractivity contribution >= 4 is 44.2 Å². The molecular weight excluding hydrogens is 417 g/mol. The van der Waals surface area contributed by atoms with Crippen molar-refractivity contribution < 1.29 is 13.2 Å². The fourth-order valence-corrected chi connectivity index (χ4v) is 3.15. The molecule has 0 fully saturated rings. The largest absolute Gasteiger partial charge is 0.305 e. The molecule has 1 heterocycles. The Morgan fingerprint density at radius 1 is 1.32 bits per heavy atom. The molecular formula is C14H16IN3O3S. The molecule has 8 heteroatoms. The van der Waals surface area contributed by atoms with Gasteiger partial charge >= 0.3 is 0 Å². The number of rotatable bonds is 6. The summed E-state index contributed by atoms with van der Waals surface area (Å²) in [5.41, 5.74) is 0.575. The van der Waals surface area contributed by atoms with Crippen LogP contribution in [0.3, 0.4) is 0 Å². The van der Waals surface area contributed by atoms with Crippen molar-refractivity contribution in [3.63, 3.8) is 0 Å². The Labute approximate surface area is 143 Å². The van der Waals surface area contributed by atoms with E-state index in [0.29, 0.717) is 11.4 Å². The van der Waals surface area contributed by atoms with Gasteiger partial charge in [-0.2, -0.15) is 5.10 Å². The molecule has 1 aromatic carbocycles. The Kier molecular flexibility index (Phi) is 5.57. The summed E-state index contributed by atoms with van der Waals surface area (Å²) in [6, 6.07) is 8.89. The van der Waals surface area contributed by atoms with E-state index in [1.54, 1.807) is 31.3 Å². The maximum atomic E-state index is 12.1. The highest BCUT2D eigenvalue weighted by Gasteiger charge is 2.12. The van der Waals surface area contributed by atoms with Crippen LogP contribution in [0.15, 0.2) is 36.5 Å². The fourth-order valence-electron chi connectivity index (χ4n) is 1.76. The lowest BCUT2D eigenvalue weighted by atomic mass is 10.2. The van der Waals surface area contributed by atoms with Crippen molar-refractivity contribution in [3.05, 3.63) is 45.7 Å². The Balaban J connectivity index is 2.00. The first-order chi connectivity index (χ1) is 10.4. The molecule has 0 unspecified atom stereocenters. The van der Waals surface area contributed by atoms with Gasteiger partial charge in [0.2, 0.25) is 0 Å². The molecule has 0 aliphatic carbocycles. The van der Waals surface area contributed by atoms with E-state index in [2.05, 4.69) is 33.0 Å².